The number of ether oxygens (including phenoxy) is 2. The minimum absolute atomic E-state index is 0.613. The highest BCUT2D eigenvalue weighted by atomic mass is 16.5. The lowest BCUT2D eigenvalue weighted by Gasteiger charge is -2.23. The fourth-order valence-corrected chi connectivity index (χ4v) is 1.55. The third-order valence-corrected chi connectivity index (χ3v) is 2.37. The first-order chi connectivity index (χ1) is 7.06. The van der Waals surface area contributed by atoms with E-state index in [-0.39, 0.29) is 0 Å². The van der Waals surface area contributed by atoms with Gasteiger partial charge in [0.25, 0.3) is 0 Å². The van der Waals surface area contributed by atoms with Gasteiger partial charge in [-0.2, -0.15) is 0 Å². The van der Waals surface area contributed by atoms with Crippen molar-refractivity contribution in [3.63, 3.8) is 0 Å². The Bertz CT molecular complexity index is 334. The van der Waals surface area contributed by atoms with Gasteiger partial charge in [-0.25, -0.2) is 0 Å². The lowest BCUT2D eigenvalue weighted by Crippen LogP contribution is -2.20. The molecule has 0 atom stereocenters. The Kier molecular flexibility index (Phi) is 3.35. The summed E-state index contributed by atoms with van der Waals surface area (Å²) in [7, 11) is 3.16. The SMILES string of the molecule is COc1cccc(OC)c1C(C)(C)C=O. The van der Waals surface area contributed by atoms with E-state index in [9.17, 15) is 4.79 Å². The first-order valence-electron chi connectivity index (χ1n) is 4.74. The Labute approximate surface area is 90.0 Å². The number of hydrogen-bond donors (Lipinski definition) is 0. The second-order valence-electron chi connectivity index (χ2n) is 3.88. The quantitative estimate of drug-likeness (QED) is 0.711. The van der Waals surface area contributed by atoms with E-state index in [1.807, 2.05) is 32.0 Å². The third kappa shape index (κ3) is 2.12. The number of carbonyl (C=O) groups is 1. The van der Waals surface area contributed by atoms with Crippen LogP contribution in [0.2, 0.25) is 0 Å². The number of carbonyl (C=O) groups excluding carboxylic acids is 1. The summed E-state index contributed by atoms with van der Waals surface area (Å²) >= 11 is 0. The molecule has 3 nitrogen and oxygen atoms in total. The predicted molar refractivity (Wildman–Crippen MR) is 58.6 cm³/mol. The number of methoxy groups -OCH3 is 2. The molecule has 3 heteroatoms. The lowest BCUT2D eigenvalue weighted by molar-refractivity contribution is -0.111. The Morgan fingerprint density at radius 2 is 1.60 bits per heavy atom. The maximum Gasteiger partial charge on any atom is 0.130 e. The van der Waals surface area contributed by atoms with Crippen LogP contribution in [-0.4, -0.2) is 20.5 Å². The van der Waals surface area contributed by atoms with Crippen LogP contribution < -0.4 is 9.47 Å². The molecule has 0 fully saturated rings. The molecule has 82 valence electrons. The fourth-order valence-electron chi connectivity index (χ4n) is 1.55. The molecule has 0 bridgehead atoms. The monoisotopic (exact) mass is 208 g/mol. The molecule has 0 aromatic heterocycles. The highest BCUT2D eigenvalue weighted by Crippen LogP contribution is 2.37. The first kappa shape index (κ1) is 11.6. The van der Waals surface area contributed by atoms with Crippen LogP contribution in [0.4, 0.5) is 0 Å². The van der Waals surface area contributed by atoms with Gasteiger partial charge in [-0.15, -0.1) is 0 Å². The Hall–Kier alpha value is -1.51. The van der Waals surface area contributed by atoms with Crippen molar-refractivity contribution < 1.29 is 14.3 Å². The summed E-state index contributed by atoms with van der Waals surface area (Å²) < 4.78 is 10.5. The Morgan fingerprint density at radius 1 is 1.13 bits per heavy atom. The first-order valence-corrected chi connectivity index (χ1v) is 4.74. The molecule has 0 aliphatic carbocycles. The third-order valence-electron chi connectivity index (χ3n) is 2.37. The molecule has 0 aliphatic rings. The van der Waals surface area contributed by atoms with E-state index < -0.39 is 5.41 Å². The number of rotatable bonds is 4. The zero-order valence-electron chi connectivity index (χ0n) is 9.53. The normalized spacial score (nSPS) is 10.9. The topological polar surface area (TPSA) is 35.5 Å². The molecule has 0 saturated carbocycles. The van der Waals surface area contributed by atoms with E-state index in [1.54, 1.807) is 14.2 Å². The summed E-state index contributed by atoms with van der Waals surface area (Å²) in [5, 5.41) is 0. The van der Waals surface area contributed by atoms with Crippen LogP contribution in [0, 0.1) is 0 Å². The fraction of sp³-hybridized carbons (Fsp3) is 0.417. The van der Waals surface area contributed by atoms with Crippen molar-refractivity contribution >= 4 is 6.29 Å². The van der Waals surface area contributed by atoms with Gasteiger partial charge in [0.05, 0.1) is 19.6 Å². The van der Waals surface area contributed by atoms with Gasteiger partial charge >= 0.3 is 0 Å². The van der Waals surface area contributed by atoms with E-state index in [4.69, 9.17) is 9.47 Å². The van der Waals surface area contributed by atoms with Gasteiger partial charge in [0.15, 0.2) is 0 Å². The molecular formula is C12H16O3. The molecule has 1 aromatic carbocycles. The van der Waals surface area contributed by atoms with Gasteiger partial charge in [0.2, 0.25) is 0 Å². The molecule has 15 heavy (non-hydrogen) atoms. The van der Waals surface area contributed by atoms with E-state index in [1.165, 1.54) is 0 Å². The van der Waals surface area contributed by atoms with Gasteiger partial charge in [-0.1, -0.05) is 6.07 Å². The summed E-state index contributed by atoms with van der Waals surface area (Å²) in [5.41, 5.74) is 0.169. The van der Waals surface area contributed by atoms with Crippen molar-refractivity contribution in [2.45, 2.75) is 19.3 Å². The van der Waals surface area contributed by atoms with E-state index in [0.29, 0.717) is 11.5 Å². The van der Waals surface area contributed by atoms with Crippen molar-refractivity contribution in [3.8, 4) is 11.5 Å². The van der Waals surface area contributed by atoms with Crippen LogP contribution in [0.15, 0.2) is 18.2 Å². The van der Waals surface area contributed by atoms with E-state index in [2.05, 4.69) is 0 Å². The van der Waals surface area contributed by atoms with E-state index in [0.717, 1.165) is 11.8 Å². The zero-order valence-corrected chi connectivity index (χ0v) is 9.53. The Morgan fingerprint density at radius 3 is 1.93 bits per heavy atom. The van der Waals surface area contributed by atoms with Gasteiger partial charge < -0.3 is 14.3 Å². The molecule has 0 radical (unpaired) electrons. The average Bonchev–Trinajstić information content (AvgIpc) is 2.27. The summed E-state index contributed by atoms with van der Waals surface area (Å²) in [6.07, 6.45) is 0.896. The van der Waals surface area contributed by atoms with Gasteiger partial charge in [-0.3, -0.25) is 0 Å². The predicted octanol–water partition coefficient (Wildman–Crippen LogP) is 2.18. The molecular weight excluding hydrogens is 192 g/mol. The molecule has 0 amide bonds. The molecule has 0 unspecified atom stereocenters. The Balaban J connectivity index is 3.40. The number of hydrogen-bond acceptors (Lipinski definition) is 3. The molecule has 0 saturated heterocycles. The van der Waals surface area contributed by atoms with Crippen LogP contribution >= 0.6 is 0 Å². The highest BCUT2D eigenvalue weighted by molar-refractivity contribution is 5.71. The minimum Gasteiger partial charge on any atom is -0.496 e. The van der Waals surface area contributed by atoms with Crippen LogP contribution in [0.1, 0.15) is 19.4 Å². The summed E-state index contributed by atoms with van der Waals surface area (Å²) in [5.74, 6) is 1.35. The standard InChI is InChI=1S/C12H16O3/c1-12(2,8-13)11-9(14-3)6-5-7-10(11)15-4/h5-8H,1-4H3. The highest BCUT2D eigenvalue weighted by Gasteiger charge is 2.27. The second-order valence-corrected chi connectivity index (χ2v) is 3.88. The molecule has 0 N–H and O–H groups in total. The van der Waals surface area contributed by atoms with Crippen molar-refractivity contribution in [2.75, 3.05) is 14.2 Å². The second kappa shape index (κ2) is 4.34. The van der Waals surface area contributed by atoms with Crippen LogP contribution in [0.25, 0.3) is 0 Å². The zero-order chi connectivity index (χ0) is 11.5. The molecule has 0 spiro atoms. The molecule has 0 aliphatic heterocycles. The maximum absolute atomic E-state index is 11.1. The molecule has 1 aromatic rings. The number of benzene rings is 1. The molecule has 0 heterocycles. The van der Waals surface area contributed by atoms with Gasteiger partial charge in [0.1, 0.15) is 17.8 Å². The smallest absolute Gasteiger partial charge is 0.130 e. The van der Waals surface area contributed by atoms with Crippen LogP contribution in [0.5, 0.6) is 11.5 Å². The largest absolute Gasteiger partial charge is 0.496 e. The van der Waals surface area contributed by atoms with Crippen LogP contribution in [0.3, 0.4) is 0 Å². The van der Waals surface area contributed by atoms with Crippen molar-refractivity contribution in [3.05, 3.63) is 23.8 Å². The van der Waals surface area contributed by atoms with Crippen molar-refractivity contribution in [2.24, 2.45) is 0 Å². The van der Waals surface area contributed by atoms with Crippen molar-refractivity contribution in [1.82, 2.24) is 0 Å². The van der Waals surface area contributed by atoms with Crippen molar-refractivity contribution in [1.29, 1.82) is 0 Å². The van der Waals surface area contributed by atoms with Gasteiger partial charge in [-0.05, 0) is 26.0 Å². The summed E-state index contributed by atoms with van der Waals surface area (Å²) in [6.45, 7) is 3.67. The minimum atomic E-state index is -0.613. The average molecular weight is 208 g/mol. The maximum atomic E-state index is 11.1. The summed E-state index contributed by atoms with van der Waals surface area (Å²) in [6, 6.07) is 5.48. The summed E-state index contributed by atoms with van der Waals surface area (Å²) in [4.78, 5) is 11.1. The number of aldehydes is 1. The molecule has 1 rings (SSSR count). The van der Waals surface area contributed by atoms with E-state index >= 15 is 0 Å². The lowest BCUT2D eigenvalue weighted by atomic mass is 9.85. The van der Waals surface area contributed by atoms with Gasteiger partial charge in [0, 0.05) is 5.56 Å². The van der Waals surface area contributed by atoms with Crippen LogP contribution in [-0.2, 0) is 10.2 Å².